The monoisotopic (exact) mass is 226 g/mol. The molecule has 1 saturated carbocycles. The molecule has 2 rings (SSSR count). The van der Waals surface area contributed by atoms with Crippen LogP contribution in [-0.2, 0) is 6.54 Å². The van der Waals surface area contributed by atoms with Crippen molar-refractivity contribution >= 4 is 17.0 Å². The molecule has 1 aliphatic rings. The minimum atomic E-state index is -0.0742. The Labute approximate surface area is 94.3 Å². The third-order valence-electron chi connectivity index (χ3n) is 3.03. The summed E-state index contributed by atoms with van der Waals surface area (Å²) in [6, 6.07) is 2.50. The van der Waals surface area contributed by atoms with Crippen molar-refractivity contribution in [3.63, 3.8) is 0 Å². The van der Waals surface area contributed by atoms with Gasteiger partial charge in [0.15, 0.2) is 0 Å². The number of hydrogen-bond acceptors (Lipinski definition) is 4. The minimum Gasteiger partial charge on any atom is -0.398 e. The largest absolute Gasteiger partial charge is 0.398 e. The molecule has 1 heterocycles. The molecule has 0 aliphatic heterocycles. The molecule has 1 aliphatic carbocycles. The Hall–Kier alpha value is -0.580. The smallest absolute Gasteiger partial charge is 0.0541 e. The standard InChI is InChI=1S/C11H18N2OS/c12-10-5-6-15-11(10)7-13-8-1-3-9(14)4-2-8/h5-6,8-9,13-14H,1-4,7,12H2. The molecule has 4 heteroatoms. The lowest BCUT2D eigenvalue weighted by molar-refractivity contribution is 0.116. The topological polar surface area (TPSA) is 58.3 Å². The van der Waals surface area contributed by atoms with Crippen LogP contribution in [0.15, 0.2) is 11.4 Å². The Kier molecular flexibility index (Phi) is 3.61. The molecular formula is C11H18N2OS. The Morgan fingerprint density at radius 3 is 2.73 bits per heavy atom. The zero-order valence-electron chi connectivity index (χ0n) is 8.78. The maximum Gasteiger partial charge on any atom is 0.0541 e. The Balaban J connectivity index is 1.77. The third kappa shape index (κ3) is 2.93. The summed E-state index contributed by atoms with van der Waals surface area (Å²) in [4.78, 5) is 1.22. The number of hydrogen-bond donors (Lipinski definition) is 3. The second-order valence-corrected chi connectivity index (χ2v) is 5.19. The summed E-state index contributed by atoms with van der Waals surface area (Å²) in [7, 11) is 0. The first-order valence-corrected chi connectivity index (χ1v) is 6.37. The number of aliphatic hydroxyl groups excluding tert-OH is 1. The molecule has 0 bridgehead atoms. The van der Waals surface area contributed by atoms with Gasteiger partial charge in [0.2, 0.25) is 0 Å². The summed E-state index contributed by atoms with van der Waals surface area (Å²) >= 11 is 1.70. The van der Waals surface area contributed by atoms with Crippen molar-refractivity contribution in [2.24, 2.45) is 0 Å². The maximum atomic E-state index is 9.38. The second-order valence-electron chi connectivity index (χ2n) is 4.19. The van der Waals surface area contributed by atoms with Gasteiger partial charge in [-0.1, -0.05) is 0 Å². The van der Waals surface area contributed by atoms with Crippen molar-refractivity contribution in [3.05, 3.63) is 16.3 Å². The highest BCUT2D eigenvalue weighted by molar-refractivity contribution is 7.10. The van der Waals surface area contributed by atoms with Crippen molar-refractivity contribution in [2.75, 3.05) is 5.73 Å². The molecule has 15 heavy (non-hydrogen) atoms. The molecule has 3 nitrogen and oxygen atoms in total. The van der Waals surface area contributed by atoms with Crippen LogP contribution < -0.4 is 11.1 Å². The highest BCUT2D eigenvalue weighted by atomic mass is 32.1. The van der Waals surface area contributed by atoms with E-state index in [1.54, 1.807) is 11.3 Å². The average Bonchev–Trinajstić information content (AvgIpc) is 2.63. The SMILES string of the molecule is Nc1ccsc1CNC1CCC(O)CC1. The zero-order chi connectivity index (χ0) is 10.7. The molecule has 0 radical (unpaired) electrons. The normalized spacial score (nSPS) is 26.7. The lowest BCUT2D eigenvalue weighted by Crippen LogP contribution is -2.34. The first-order chi connectivity index (χ1) is 7.25. The molecule has 84 valence electrons. The molecular weight excluding hydrogens is 208 g/mol. The molecule has 0 spiro atoms. The van der Waals surface area contributed by atoms with Gasteiger partial charge in [0, 0.05) is 23.2 Å². The molecule has 4 N–H and O–H groups in total. The van der Waals surface area contributed by atoms with Crippen LogP contribution in [0.3, 0.4) is 0 Å². The van der Waals surface area contributed by atoms with Crippen LogP contribution in [0.5, 0.6) is 0 Å². The average molecular weight is 226 g/mol. The van der Waals surface area contributed by atoms with Crippen LogP contribution >= 0.6 is 11.3 Å². The number of nitrogens with two attached hydrogens (primary N) is 1. The van der Waals surface area contributed by atoms with Gasteiger partial charge in [0.05, 0.1) is 6.10 Å². The third-order valence-corrected chi connectivity index (χ3v) is 3.96. The van der Waals surface area contributed by atoms with Gasteiger partial charge < -0.3 is 16.2 Å². The fourth-order valence-electron chi connectivity index (χ4n) is 2.01. The fourth-order valence-corrected chi connectivity index (χ4v) is 2.76. The van der Waals surface area contributed by atoms with Gasteiger partial charge in [-0.15, -0.1) is 11.3 Å². The van der Waals surface area contributed by atoms with Gasteiger partial charge in [-0.05, 0) is 37.1 Å². The summed E-state index contributed by atoms with van der Waals surface area (Å²) < 4.78 is 0. The summed E-state index contributed by atoms with van der Waals surface area (Å²) in [6.45, 7) is 0.865. The van der Waals surface area contributed by atoms with Crippen molar-refractivity contribution in [1.82, 2.24) is 5.32 Å². The molecule has 0 atom stereocenters. The van der Waals surface area contributed by atoms with Gasteiger partial charge in [-0.3, -0.25) is 0 Å². The fraction of sp³-hybridized carbons (Fsp3) is 0.636. The van der Waals surface area contributed by atoms with Crippen LogP contribution in [0.4, 0.5) is 5.69 Å². The van der Waals surface area contributed by atoms with E-state index in [0.29, 0.717) is 6.04 Å². The van der Waals surface area contributed by atoms with Crippen molar-refractivity contribution in [2.45, 2.75) is 44.4 Å². The van der Waals surface area contributed by atoms with E-state index in [1.165, 1.54) is 4.88 Å². The number of rotatable bonds is 3. The van der Waals surface area contributed by atoms with Crippen LogP contribution in [-0.4, -0.2) is 17.3 Å². The Morgan fingerprint density at radius 1 is 1.40 bits per heavy atom. The van der Waals surface area contributed by atoms with Crippen LogP contribution in [0, 0.1) is 0 Å². The van der Waals surface area contributed by atoms with Gasteiger partial charge in [0.1, 0.15) is 0 Å². The predicted molar refractivity (Wildman–Crippen MR) is 63.8 cm³/mol. The number of anilines is 1. The van der Waals surface area contributed by atoms with E-state index in [2.05, 4.69) is 5.32 Å². The quantitative estimate of drug-likeness (QED) is 0.735. The Morgan fingerprint density at radius 2 is 2.13 bits per heavy atom. The van der Waals surface area contributed by atoms with E-state index in [-0.39, 0.29) is 6.10 Å². The first-order valence-electron chi connectivity index (χ1n) is 5.49. The van der Waals surface area contributed by atoms with Gasteiger partial charge >= 0.3 is 0 Å². The summed E-state index contributed by atoms with van der Waals surface area (Å²) in [6.07, 6.45) is 3.93. The van der Waals surface area contributed by atoms with Crippen molar-refractivity contribution < 1.29 is 5.11 Å². The first kappa shape index (κ1) is 10.9. The molecule has 0 unspecified atom stereocenters. The van der Waals surface area contributed by atoms with E-state index in [1.807, 2.05) is 11.4 Å². The minimum absolute atomic E-state index is 0.0742. The molecule has 0 amide bonds. The zero-order valence-corrected chi connectivity index (χ0v) is 9.59. The van der Waals surface area contributed by atoms with Crippen molar-refractivity contribution in [3.8, 4) is 0 Å². The molecule has 1 fully saturated rings. The van der Waals surface area contributed by atoms with Crippen LogP contribution in [0.25, 0.3) is 0 Å². The van der Waals surface area contributed by atoms with Crippen molar-refractivity contribution in [1.29, 1.82) is 0 Å². The highest BCUT2D eigenvalue weighted by Crippen LogP contribution is 2.21. The number of thiophene rings is 1. The number of nitrogen functional groups attached to an aromatic ring is 1. The van der Waals surface area contributed by atoms with Gasteiger partial charge in [-0.25, -0.2) is 0 Å². The summed E-state index contributed by atoms with van der Waals surface area (Å²) in [5, 5.41) is 14.9. The predicted octanol–water partition coefficient (Wildman–Crippen LogP) is 1.72. The summed E-state index contributed by atoms with van der Waals surface area (Å²) in [5.74, 6) is 0. The second kappa shape index (κ2) is 4.96. The summed E-state index contributed by atoms with van der Waals surface area (Å²) in [5.41, 5.74) is 6.70. The molecule has 1 aromatic heterocycles. The van der Waals surface area contributed by atoms with Crippen LogP contribution in [0.1, 0.15) is 30.6 Å². The van der Waals surface area contributed by atoms with E-state index < -0.39 is 0 Å². The van der Waals surface area contributed by atoms with Gasteiger partial charge in [-0.2, -0.15) is 0 Å². The maximum absolute atomic E-state index is 9.38. The van der Waals surface area contributed by atoms with Gasteiger partial charge in [0.25, 0.3) is 0 Å². The Bertz CT molecular complexity index is 305. The van der Waals surface area contributed by atoms with E-state index in [0.717, 1.165) is 37.9 Å². The van der Waals surface area contributed by atoms with Crippen LogP contribution in [0.2, 0.25) is 0 Å². The number of aliphatic hydroxyl groups is 1. The molecule has 0 saturated heterocycles. The lowest BCUT2D eigenvalue weighted by atomic mass is 9.93. The molecule has 1 aromatic rings. The molecule has 0 aromatic carbocycles. The highest BCUT2D eigenvalue weighted by Gasteiger charge is 2.18. The lowest BCUT2D eigenvalue weighted by Gasteiger charge is -2.26. The number of nitrogens with one attached hydrogen (secondary N) is 1. The van der Waals surface area contributed by atoms with E-state index >= 15 is 0 Å². The van der Waals surface area contributed by atoms with E-state index in [4.69, 9.17) is 5.73 Å². The van der Waals surface area contributed by atoms with E-state index in [9.17, 15) is 5.11 Å².